The largest absolute Gasteiger partial charge is 0.478 e. The van der Waals surface area contributed by atoms with Crippen LogP contribution in [0.25, 0.3) is 0 Å². The second-order valence-electron chi connectivity index (χ2n) is 6.10. The number of carboxylic acid groups (broad SMARTS) is 2. The molecule has 0 aliphatic carbocycles. The van der Waals surface area contributed by atoms with Gasteiger partial charge in [0.05, 0.1) is 16.9 Å². The molecule has 184 valence electrons. The van der Waals surface area contributed by atoms with E-state index >= 15 is 0 Å². The van der Waals surface area contributed by atoms with Crippen LogP contribution in [-0.2, 0) is 25.4 Å². The zero-order chi connectivity index (χ0) is 25.4. The lowest BCUT2D eigenvalue weighted by Gasteiger charge is -2.03. The van der Waals surface area contributed by atoms with Crippen LogP contribution in [0.4, 0.5) is 5.13 Å². The van der Waals surface area contributed by atoms with Crippen LogP contribution in [0.3, 0.4) is 0 Å². The predicted molar refractivity (Wildman–Crippen MR) is 134 cm³/mol. The highest BCUT2D eigenvalue weighted by molar-refractivity contribution is 7.98. The quantitative estimate of drug-likeness (QED) is 0.0675. The lowest BCUT2D eigenvalue weighted by molar-refractivity contribution is -0.134. The summed E-state index contributed by atoms with van der Waals surface area (Å²) in [6, 6.07) is 6.64. The molecule has 0 radical (unpaired) electrons. The van der Waals surface area contributed by atoms with Crippen molar-refractivity contribution in [3.8, 4) is 0 Å². The maximum absolute atomic E-state index is 12.1. The number of hydrogen-bond donors (Lipinski definition) is 5. The third-order valence-corrected chi connectivity index (χ3v) is 6.53. The van der Waals surface area contributed by atoms with E-state index in [0.29, 0.717) is 18.7 Å². The van der Waals surface area contributed by atoms with Gasteiger partial charge in [-0.25, -0.2) is 23.0 Å². The van der Waals surface area contributed by atoms with Crippen molar-refractivity contribution >= 4 is 62.9 Å². The Morgan fingerprint density at radius 1 is 1.18 bits per heavy atom. The van der Waals surface area contributed by atoms with Crippen molar-refractivity contribution < 1.29 is 28.2 Å². The number of anilines is 1. The molecule has 1 aromatic heterocycles. The van der Waals surface area contributed by atoms with Gasteiger partial charge in [0.25, 0.3) is 10.0 Å². The smallest absolute Gasteiger partial charge is 0.328 e. The van der Waals surface area contributed by atoms with Gasteiger partial charge in [0, 0.05) is 35.6 Å². The number of aryl methyl sites for hydroxylation is 1. The van der Waals surface area contributed by atoms with Gasteiger partial charge >= 0.3 is 11.9 Å². The van der Waals surface area contributed by atoms with Gasteiger partial charge in [0.1, 0.15) is 6.34 Å². The number of thiazole rings is 1. The maximum atomic E-state index is 12.1. The molecule has 6 N–H and O–H groups in total. The van der Waals surface area contributed by atoms with E-state index in [1.54, 1.807) is 36.0 Å². The second-order valence-corrected chi connectivity index (χ2v) is 9.78. The van der Waals surface area contributed by atoms with Crippen molar-refractivity contribution in [3.63, 3.8) is 0 Å². The molecule has 1 aromatic carbocycles. The fourth-order valence-corrected chi connectivity index (χ4v) is 4.28. The molecule has 0 bridgehead atoms. The first-order chi connectivity index (χ1) is 16.1. The summed E-state index contributed by atoms with van der Waals surface area (Å²) in [6.45, 7) is 2.41. The summed E-state index contributed by atoms with van der Waals surface area (Å²) < 4.78 is 26.5. The summed E-state index contributed by atoms with van der Waals surface area (Å²) in [5.74, 6) is 4.01. The summed E-state index contributed by atoms with van der Waals surface area (Å²) in [4.78, 5) is 27.8. The number of rotatable bonds is 12. The molecule has 1 heterocycles. The van der Waals surface area contributed by atoms with Crippen LogP contribution in [0.2, 0.25) is 0 Å². The minimum atomic E-state index is -3.56. The summed E-state index contributed by atoms with van der Waals surface area (Å²) in [6.07, 6.45) is 3.72. The number of carbonyl (C=O) groups is 2. The molecule has 2 rings (SSSR count). The Kier molecular flexibility index (Phi) is 13.0. The summed E-state index contributed by atoms with van der Waals surface area (Å²) in [5, 5.41) is 24.5. The molecule has 12 nitrogen and oxygen atoms in total. The van der Waals surface area contributed by atoms with Crippen LogP contribution in [0.5, 0.6) is 0 Å². The van der Waals surface area contributed by atoms with Crippen molar-refractivity contribution in [2.45, 2.75) is 17.6 Å². The van der Waals surface area contributed by atoms with E-state index in [-0.39, 0.29) is 4.90 Å². The van der Waals surface area contributed by atoms with Crippen molar-refractivity contribution in [3.05, 3.63) is 53.1 Å². The molecule has 0 aliphatic heterocycles. The van der Waals surface area contributed by atoms with Gasteiger partial charge in [0.15, 0.2) is 5.13 Å². The van der Waals surface area contributed by atoms with Crippen molar-refractivity contribution in [2.75, 3.05) is 17.6 Å². The first kappa shape index (κ1) is 28.6. The van der Waals surface area contributed by atoms with Gasteiger partial charge in [0.2, 0.25) is 0 Å². The topological polar surface area (TPSA) is 196 Å². The monoisotopic (exact) mass is 528 g/mol. The Balaban J connectivity index is 0.000000620. The molecule has 0 spiro atoms. The van der Waals surface area contributed by atoms with Gasteiger partial charge in [-0.15, -0.1) is 11.3 Å². The van der Waals surface area contributed by atoms with Gasteiger partial charge in [-0.3, -0.25) is 9.71 Å². The number of nitrogens with two attached hydrogens (primary N) is 1. The molecule has 0 atom stereocenters. The fraction of sp³-hybridized carbons (Fsp3) is 0.211. The maximum Gasteiger partial charge on any atom is 0.328 e. The Labute approximate surface area is 204 Å². The minimum absolute atomic E-state index is 0.219. The minimum Gasteiger partial charge on any atom is -0.478 e. The lowest BCUT2D eigenvalue weighted by atomic mass is 10.2. The number of aliphatic carboxylic acids is 2. The lowest BCUT2D eigenvalue weighted by Crippen LogP contribution is -2.22. The Bertz CT molecular complexity index is 1100. The van der Waals surface area contributed by atoms with Crippen LogP contribution in [0.1, 0.15) is 11.3 Å². The van der Waals surface area contributed by atoms with E-state index in [9.17, 15) is 18.0 Å². The molecule has 0 fully saturated rings. The van der Waals surface area contributed by atoms with Crippen LogP contribution >= 0.6 is 23.1 Å². The molecule has 0 unspecified atom stereocenters. The van der Waals surface area contributed by atoms with E-state index in [2.05, 4.69) is 25.1 Å². The highest BCUT2D eigenvalue weighted by Gasteiger charge is 2.10. The third-order valence-electron chi connectivity index (χ3n) is 3.43. The molecular weight excluding hydrogens is 504 g/mol. The number of nitrogens with one attached hydrogen (secondary N) is 2. The zero-order valence-corrected chi connectivity index (χ0v) is 20.4. The van der Waals surface area contributed by atoms with Gasteiger partial charge in [-0.05, 0) is 19.1 Å². The predicted octanol–water partition coefficient (Wildman–Crippen LogP) is 1.72. The number of aliphatic imine (C=N–C) groups is 1. The molecule has 0 saturated heterocycles. The second kappa shape index (κ2) is 15.4. The average Bonchev–Trinajstić information content (AvgIpc) is 3.24. The van der Waals surface area contributed by atoms with E-state index in [1.165, 1.54) is 24.0 Å². The number of nitrogens with zero attached hydrogens (tertiary/aromatic N) is 3. The zero-order valence-electron chi connectivity index (χ0n) is 18.0. The van der Waals surface area contributed by atoms with Gasteiger partial charge in [-0.1, -0.05) is 17.7 Å². The molecule has 34 heavy (non-hydrogen) atoms. The Morgan fingerprint density at radius 3 is 2.41 bits per heavy atom. The SMILES string of the molecule is Cc1ccc(S(=O)(=O)NC=NCCSCc2csc(NC=NN)n2)cc1.O=C(O)C=CC(=O)O. The van der Waals surface area contributed by atoms with E-state index in [4.69, 9.17) is 16.1 Å². The molecule has 0 aliphatic rings. The summed E-state index contributed by atoms with van der Waals surface area (Å²) in [5.41, 5.74) is 1.96. The molecule has 15 heteroatoms. The van der Waals surface area contributed by atoms with E-state index in [0.717, 1.165) is 27.9 Å². The van der Waals surface area contributed by atoms with Gasteiger partial charge in [-0.2, -0.15) is 16.9 Å². The number of sulfonamides is 1. The molecule has 0 amide bonds. The first-order valence-corrected chi connectivity index (χ1v) is 12.9. The fourth-order valence-electron chi connectivity index (χ4n) is 1.93. The van der Waals surface area contributed by atoms with Crippen LogP contribution in [0.15, 0.2) is 56.8 Å². The average molecular weight is 529 g/mol. The van der Waals surface area contributed by atoms with Gasteiger partial charge < -0.3 is 21.4 Å². The standard InChI is InChI=1S/C15H20N6O2S3.C4H4O4/c1-12-2-4-14(5-3-12)26(22,23)20-10-17-6-7-24-8-13-9-25-15(21-13)18-11-19-16;5-3(6)1-2-4(7)8/h2-5,9-11H,6-8,16H2,1H3,(H,17,20)(H,18,19,21);1-2H,(H,5,6)(H,7,8). The number of hydrazone groups is 1. The number of benzene rings is 1. The molecule has 2 aromatic rings. The number of thioether (sulfide) groups is 1. The number of carboxylic acids is 2. The van der Waals surface area contributed by atoms with Crippen molar-refractivity contribution in [2.24, 2.45) is 15.9 Å². The normalized spacial score (nSPS) is 11.4. The highest BCUT2D eigenvalue weighted by atomic mass is 32.2. The summed E-state index contributed by atoms with van der Waals surface area (Å²) in [7, 11) is -3.56. The summed E-state index contributed by atoms with van der Waals surface area (Å²) >= 11 is 3.14. The van der Waals surface area contributed by atoms with Crippen molar-refractivity contribution in [1.29, 1.82) is 0 Å². The number of hydrogen-bond acceptors (Lipinski definition) is 10. The van der Waals surface area contributed by atoms with Crippen LogP contribution in [-0.4, -0.2) is 60.5 Å². The first-order valence-electron chi connectivity index (χ1n) is 9.35. The number of aromatic nitrogens is 1. The van der Waals surface area contributed by atoms with E-state index in [1.807, 2.05) is 12.3 Å². The van der Waals surface area contributed by atoms with Crippen molar-refractivity contribution in [1.82, 2.24) is 9.71 Å². The van der Waals surface area contributed by atoms with Crippen LogP contribution in [0, 0.1) is 6.92 Å². The van der Waals surface area contributed by atoms with Crippen LogP contribution < -0.4 is 15.9 Å². The van der Waals surface area contributed by atoms with E-state index < -0.39 is 22.0 Å². The highest BCUT2D eigenvalue weighted by Crippen LogP contribution is 2.18. The Hall–Kier alpha value is -3.43. The molecular formula is C19H24N6O6S3. The Morgan fingerprint density at radius 2 is 1.82 bits per heavy atom. The third kappa shape index (κ3) is 12.6. The molecule has 0 saturated carbocycles.